The SMILES string of the molecule is CCC(C)C(N)C(=O)N(CCO)C(C)C. The van der Waals surface area contributed by atoms with E-state index in [0.29, 0.717) is 6.54 Å². The Labute approximate surface area is 92.4 Å². The van der Waals surface area contributed by atoms with Crippen LogP contribution in [0.5, 0.6) is 0 Å². The lowest BCUT2D eigenvalue weighted by Gasteiger charge is -2.30. The second-order valence-corrected chi connectivity index (χ2v) is 4.26. The van der Waals surface area contributed by atoms with E-state index in [0.717, 1.165) is 6.42 Å². The molecular weight excluding hydrogens is 192 g/mol. The predicted octanol–water partition coefficient (Wildman–Crippen LogP) is 0.589. The van der Waals surface area contributed by atoms with Gasteiger partial charge in [0, 0.05) is 12.6 Å². The molecule has 90 valence electrons. The first-order valence-electron chi connectivity index (χ1n) is 5.62. The summed E-state index contributed by atoms with van der Waals surface area (Å²) >= 11 is 0. The number of carbonyl (C=O) groups is 1. The molecule has 0 aliphatic rings. The molecule has 3 N–H and O–H groups in total. The Morgan fingerprint density at radius 3 is 2.27 bits per heavy atom. The first kappa shape index (κ1) is 14.4. The number of aliphatic hydroxyl groups excluding tert-OH is 1. The summed E-state index contributed by atoms with van der Waals surface area (Å²) in [5, 5.41) is 8.88. The monoisotopic (exact) mass is 216 g/mol. The molecule has 0 aromatic rings. The van der Waals surface area contributed by atoms with E-state index in [9.17, 15) is 4.79 Å². The highest BCUT2D eigenvalue weighted by molar-refractivity contribution is 5.82. The van der Waals surface area contributed by atoms with Crippen molar-refractivity contribution in [3.8, 4) is 0 Å². The molecule has 4 heteroatoms. The van der Waals surface area contributed by atoms with Crippen LogP contribution >= 0.6 is 0 Å². The molecule has 0 saturated carbocycles. The molecule has 0 spiro atoms. The van der Waals surface area contributed by atoms with Gasteiger partial charge in [-0.1, -0.05) is 20.3 Å². The molecular formula is C11H24N2O2. The number of aliphatic hydroxyl groups is 1. The van der Waals surface area contributed by atoms with Gasteiger partial charge in [0.05, 0.1) is 12.6 Å². The number of rotatable bonds is 6. The lowest BCUT2D eigenvalue weighted by molar-refractivity contribution is -0.136. The van der Waals surface area contributed by atoms with Crippen LogP contribution in [0.4, 0.5) is 0 Å². The number of nitrogens with zero attached hydrogens (tertiary/aromatic N) is 1. The van der Waals surface area contributed by atoms with Crippen molar-refractivity contribution in [2.45, 2.75) is 46.2 Å². The third-order valence-electron chi connectivity index (χ3n) is 2.79. The van der Waals surface area contributed by atoms with Gasteiger partial charge in [0.25, 0.3) is 0 Å². The normalized spacial score (nSPS) is 15.1. The topological polar surface area (TPSA) is 66.6 Å². The van der Waals surface area contributed by atoms with Gasteiger partial charge in [-0.25, -0.2) is 0 Å². The molecule has 0 aromatic heterocycles. The van der Waals surface area contributed by atoms with E-state index in [4.69, 9.17) is 10.8 Å². The molecule has 0 heterocycles. The average molecular weight is 216 g/mol. The fourth-order valence-corrected chi connectivity index (χ4v) is 1.42. The fourth-order valence-electron chi connectivity index (χ4n) is 1.42. The maximum absolute atomic E-state index is 12.0. The third-order valence-corrected chi connectivity index (χ3v) is 2.79. The van der Waals surface area contributed by atoms with Crippen LogP contribution in [0.25, 0.3) is 0 Å². The molecule has 0 fully saturated rings. The van der Waals surface area contributed by atoms with Gasteiger partial charge in [-0.3, -0.25) is 4.79 Å². The van der Waals surface area contributed by atoms with E-state index in [1.807, 2.05) is 27.7 Å². The highest BCUT2D eigenvalue weighted by Gasteiger charge is 2.25. The highest BCUT2D eigenvalue weighted by Crippen LogP contribution is 2.10. The van der Waals surface area contributed by atoms with E-state index in [1.165, 1.54) is 0 Å². The van der Waals surface area contributed by atoms with Gasteiger partial charge in [0.15, 0.2) is 0 Å². The van der Waals surface area contributed by atoms with Crippen molar-refractivity contribution < 1.29 is 9.90 Å². The molecule has 1 amide bonds. The van der Waals surface area contributed by atoms with Crippen molar-refractivity contribution in [1.29, 1.82) is 0 Å². The van der Waals surface area contributed by atoms with E-state index >= 15 is 0 Å². The molecule has 0 radical (unpaired) electrons. The summed E-state index contributed by atoms with van der Waals surface area (Å²) < 4.78 is 0. The summed E-state index contributed by atoms with van der Waals surface area (Å²) in [6.07, 6.45) is 0.887. The summed E-state index contributed by atoms with van der Waals surface area (Å²) in [4.78, 5) is 13.6. The molecule has 0 aliphatic carbocycles. The van der Waals surface area contributed by atoms with Gasteiger partial charge >= 0.3 is 0 Å². The lowest BCUT2D eigenvalue weighted by Crippen LogP contribution is -2.50. The zero-order chi connectivity index (χ0) is 12.0. The van der Waals surface area contributed by atoms with E-state index in [1.54, 1.807) is 4.90 Å². The second-order valence-electron chi connectivity index (χ2n) is 4.26. The maximum Gasteiger partial charge on any atom is 0.240 e. The Morgan fingerprint density at radius 2 is 1.93 bits per heavy atom. The predicted molar refractivity (Wildman–Crippen MR) is 61.4 cm³/mol. The first-order valence-corrected chi connectivity index (χ1v) is 5.62. The third kappa shape index (κ3) is 4.18. The smallest absolute Gasteiger partial charge is 0.240 e. The van der Waals surface area contributed by atoms with Gasteiger partial charge in [0.2, 0.25) is 5.91 Å². The Balaban J connectivity index is 4.48. The van der Waals surface area contributed by atoms with Gasteiger partial charge < -0.3 is 15.7 Å². The summed E-state index contributed by atoms with van der Waals surface area (Å²) in [6, 6.07) is -0.372. The van der Waals surface area contributed by atoms with Crippen LogP contribution in [0.15, 0.2) is 0 Å². The Bertz CT molecular complexity index is 195. The second kappa shape index (κ2) is 6.80. The fraction of sp³-hybridized carbons (Fsp3) is 0.909. The van der Waals surface area contributed by atoms with Crippen LogP contribution in [-0.4, -0.2) is 41.1 Å². The van der Waals surface area contributed by atoms with Crippen molar-refractivity contribution in [3.63, 3.8) is 0 Å². The molecule has 0 aromatic carbocycles. The molecule has 2 atom stereocenters. The van der Waals surface area contributed by atoms with Gasteiger partial charge in [-0.2, -0.15) is 0 Å². The average Bonchev–Trinajstić information content (AvgIpc) is 2.22. The molecule has 4 nitrogen and oxygen atoms in total. The molecule has 2 unspecified atom stereocenters. The number of amides is 1. The van der Waals surface area contributed by atoms with Gasteiger partial charge in [-0.15, -0.1) is 0 Å². The minimum atomic E-state index is -0.455. The van der Waals surface area contributed by atoms with Crippen LogP contribution in [0.1, 0.15) is 34.1 Å². The minimum absolute atomic E-state index is 0.0167. The largest absolute Gasteiger partial charge is 0.395 e. The van der Waals surface area contributed by atoms with Crippen LogP contribution in [0, 0.1) is 5.92 Å². The summed E-state index contributed by atoms with van der Waals surface area (Å²) in [5.41, 5.74) is 5.87. The number of carbonyl (C=O) groups excluding carboxylic acids is 1. The summed E-state index contributed by atoms with van der Waals surface area (Å²) in [7, 11) is 0. The van der Waals surface area contributed by atoms with Crippen molar-refractivity contribution in [1.82, 2.24) is 4.90 Å². The Hall–Kier alpha value is -0.610. The van der Waals surface area contributed by atoms with E-state index in [-0.39, 0.29) is 24.5 Å². The van der Waals surface area contributed by atoms with Crippen molar-refractivity contribution in [3.05, 3.63) is 0 Å². The van der Waals surface area contributed by atoms with Crippen LogP contribution in [0.2, 0.25) is 0 Å². The zero-order valence-electron chi connectivity index (χ0n) is 10.2. The van der Waals surface area contributed by atoms with Crippen molar-refractivity contribution in [2.24, 2.45) is 11.7 Å². The zero-order valence-corrected chi connectivity index (χ0v) is 10.2. The lowest BCUT2D eigenvalue weighted by atomic mass is 9.98. The quantitative estimate of drug-likeness (QED) is 0.683. The highest BCUT2D eigenvalue weighted by atomic mass is 16.3. The maximum atomic E-state index is 12.0. The van der Waals surface area contributed by atoms with E-state index in [2.05, 4.69) is 0 Å². The molecule has 0 rings (SSSR count). The van der Waals surface area contributed by atoms with Crippen LogP contribution < -0.4 is 5.73 Å². The number of hydrogen-bond donors (Lipinski definition) is 2. The first-order chi connectivity index (χ1) is 6.95. The molecule has 0 aliphatic heterocycles. The Morgan fingerprint density at radius 1 is 1.40 bits per heavy atom. The van der Waals surface area contributed by atoms with Crippen LogP contribution in [-0.2, 0) is 4.79 Å². The van der Waals surface area contributed by atoms with Crippen molar-refractivity contribution >= 4 is 5.91 Å². The van der Waals surface area contributed by atoms with E-state index < -0.39 is 6.04 Å². The van der Waals surface area contributed by atoms with Crippen LogP contribution in [0.3, 0.4) is 0 Å². The Kier molecular flexibility index (Phi) is 6.52. The minimum Gasteiger partial charge on any atom is -0.395 e. The number of nitrogens with two attached hydrogens (primary N) is 1. The molecule has 0 bridgehead atoms. The number of hydrogen-bond acceptors (Lipinski definition) is 3. The van der Waals surface area contributed by atoms with Gasteiger partial charge in [-0.05, 0) is 19.8 Å². The summed E-state index contributed by atoms with van der Waals surface area (Å²) in [6.45, 7) is 8.19. The summed E-state index contributed by atoms with van der Waals surface area (Å²) in [5.74, 6) is 0.117. The molecule has 15 heavy (non-hydrogen) atoms. The van der Waals surface area contributed by atoms with Gasteiger partial charge in [0.1, 0.15) is 0 Å². The molecule has 0 saturated heterocycles. The standard InChI is InChI=1S/C11H24N2O2/c1-5-9(4)10(12)11(15)13(6-7-14)8(2)3/h8-10,14H,5-7,12H2,1-4H3. The van der Waals surface area contributed by atoms with Crippen molar-refractivity contribution in [2.75, 3.05) is 13.2 Å².